The summed E-state index contributed by atoms with van der Waals surface area (Å²) in [5, 5.41) is 21.6. The third-order valence-electron chi connectivity index (χ3n) is 3.25. The zero-order chi connectivity index (χ0) is 12.3. The summed E-state index contributed by atoms with van der Waals surface area (Å²) < 4.78 is 0. The van der Waals surface area contributed by atoms with E-state index in [4.69, 9.17) is 5.11 Å². The Morgan fingerprint density at radius 2 is 2.18 bits per heavy atom. The lowest BCUT2D eigenvalue weighted by atomic mass is 9.98. The first-order valence-electron chi connectivity index (χ1n) is 5.74. The number of carboxylic acid groups (broad SMARTS) is 1. The van der Waals surface area contributed by atoms with E-state index in [1.807, 2.05) is 0 Å². The maximum atomic E-state index is 10.8. The number of aromatic carboxylic acids is 1. The highest BCUT2D eigenvalue weighted by molar-refractivity contribution is 5.86. The van der Waals surface area contributed by atoms with Gasteiger partial charge < -0.3 is 15.5 Å². The van der Waals surface area contributed by atoms with Crippen molar-refractivity contribution in [3.8, 4) is 0 Å². The maximum absolute atomic E-state index is 10.8. The number of rotatable bonds is 4. The standard InChI is InChI=1S/C12H16N2O3/c15-8-12(4-1-2-5-12)14-9-3-6-13-10(7-9)11(16)17/h3,6-7,15H,1-2,4-5,8H2,(H,13,14)(H,16,17). The predicted molar refractivity (Wildman–Crippen MR) is 63.1 cm³/mol. The third kappa shape index (κ3) is 2.55. The van der Waals surface area contributed by atoms with Crippen LogP contribution in [-0.2, 0) is 0 Å². The number of pyridine rings is 1. The van der Waals surface area contributed by atoms with Gasteiger partial charge >= 0.3 is 5.97 Å². The molecule has 1 fully saturated rings. The van der Waals surface area contributed by atoms with Crippen LogP contribution in [0.25, 0.3) is 0 Å². The van der Waals surface area contributed by atoms with Crippen LogP contribution in [0.15, 0.2) is 18.3 Å². The molecule has 0 unspecified atom stereocenters. The van der Waals surface area contributed by atoms with Gasteiger partial charge in [-0.1, -0.05) is 12.8 Å². The highest BCUT2D eigenvalue weighted by atomic mass is 16.4. The van der Waals surface area contributed by atoms with Crippen molar-refractivity contribution in [3.63, 3.8) is 0 Å². The van der Waals surface area contributed by atoms with Gasteiger partial charge in [-0.3, -0.25) is 0 Å². The molecule has 0 bridgehead atoms. The van der Waals surface area contributed by atoms with E-state index in [0.717, 1.165) is 25.7 Å². The van der Waals surface area contributed by atoms with Crippen molar-refractivity contribution in [1.82, 2.24) is 4.98 Å². The van der Waals surface area contributed by atoms with E-state index in [1.54, 1.807) is 6.07 Å². The number of aliphatic hydroxyl groups is 1. The summed E-state index contributed by atoms with van der Waals surface area (Å²) in [5.74, 6) is -1.04. The highest BCUT2D eigenvalue weighted by Gasteiger charge is 2.32. The Labute approximate surface area is 99.5 Å². The zero-order valence-electron chi connectivity index (χ0n) is 9.52. The lowest BCUT2D eigenvalue weighted by molar-refractivity contribution is 0.0690. The Morgan fingerprint density at radius 3 is 2.76 bits per heavy atom. The van der Waals surface area contributed by atoms with Crippen LogP contribution in [0.3, 0.4) is 0 Å². The lowest BCUT2D eigenvalue weighted by Gasteiger charge is -2.29. The summed E-state index contributed by atoms with van der Waals surface area (Å²) in [5.41, 5.74) is 0.423. The summed E-state index contributed by atoms with van der Waals surface area (Å²) in [6.45, 7) is 0.0672. The molecule has 0 saturated heterocycles. The molecule has 92 valence electrons. The number of nitrogens with one attached hydrogen (secondary N) is 1. The number of hydrogen-bond donors (Lipinski definition) is 3. The highest BCUT2D eigenvalue weighted by Crippen LogP contribution is 2.32. The monoisotopic (exact) mass is 236 g/mol. The second kappa shape index (κ2) is 4.71. The van der Waals surface area contributed by atoms with Gasteiger partial charge in [-0.25, -0.2) is 9.78 Å². The van der Waals surface area contributed by atoms with Crippen molar-refractivity contribution in [2.45, 2.75) is 31.2 Å². The number of anilines is 1. The van der Waals surface area contributed by atoms with E-state index < -0.39 is 5.97 Å². The Balaban J connectivity index is 2.17. The molecule has 1 aromatic rings. The normalized spacial score (nSPS) is 17.9. The number of nitrogens with zero attached hydrogens (tertiary/aromatic N) is 1. The summed E-state index contributed by atoms with van der Waals surface area (Å²) in [4.78, 5) is 14.6. The zero-order valence-corrected chi connectivity index (χ0v) is 9.52. The van der Waals surface area contributed by atoms with E-state index in [2.05, 4.69) is 10.3 Å². The lowest BCUT2D eigenvalue weighted by Crippen LogP contribution is -2.39. The topological polar surface area (TPSA) is 82.5 Å². The minimum Gasteiger partial charge on any atom is -0.477 e. The molecule has 3 N–H and O–H groups in total. The average molecular weight is 236 g/mol. The minimum atomic E-state index is -1.04. The molecule has 0 spiro atoms. The molecule has 2 rings (SSSR count). The molecule has 0 atom stereocenters. The largest absolute Gasteiger partial charge is 0.477 e. The van der Waals surface area contributed by atoms with E-state index in [-0.39, 0.29) is 17.8 Å². The molecular formula is C12H16N2O3. The number of aromatic nitrogens is 1. The third-order valence-corrected chi connectivity index (χ3v) is 3.25. The molecule has 1 saturated carbocycles. The fraction of sp³-hybridized carbons (Fsp3) is 0.500. The fourth-order valence-electron chi connectivity index (χ4n) is 2.31. The van der Waals surface area contributed by atoms with Gasteiger partial charge in [0.15, 0.2) is 0 Å². The molecule has 1 aliphatic rings. The van der Waals surface area contributed by atoms with E-state index in [1.165, 1.54) is 12.3 Å². The van der Waals surface area contributed by atoms with Crippen molar-refractivity contribution >= 4 is 11.7 Å². The first-order valence-corrected chi connectivity index (χ1v) is 5.74. The summed E-state index contributed by atoms with van der Waals surface area (Å²) >= 11 is 0. The SMILES string of the molecule is O=C(O)c1cc(NC2(CO)CCCC2)ccn1. The quantitative estimate of drug-likeness (QED) is 0.738. The molecule has 1 aromatic heterocycles. The number of hydrogen-bond acceptors (Lipinski definition) is 4. The minimum absolute atomic E-state index is 0.0149. The van der Waals surface area contributed by atoms with E-state index >= 15 is 0 Å². The number of aliphatic hydroxyl groups excluding tert-OH is 1. The molecule has 5 heteroatoms. The second-order valence-corrected chi connectivity index (χ2v) is 4.51. The Morgan fingerprint density at radius 1 is 1.47 bits per heavy atom. The second-order valence-electron chi connectivity index (χ2n) is 4.51. The summed E-state index contributed by atoms with van der Waals surface area (Å²) in [6.07, 6.45) is 5.46. The van der Waals surface area contributed by atoms with E-state index in [9.17, 15) is 9.90 Å². The Kier molecular flexibility index (Phi) is 3.28. The molecule has 0 aliphatic heterocycles. The summed E-state index contributed by atoms with van der Waals surface area (Å²) in [7, 11) is 0. The molecule has 17 heavy (non-hydrogen) atoms. The van der Waals surface area contributed by atoms with Crippen molar-refractivity contribution in [3.05, 3.63) is 24.0 Å². The number of carbonyl (C=O) groups is 1. The predicted octanol–water partition coefficient (Wildman–Crippen LogP) is 1.50. The molecule has 0 aromatic carbocycles. The van der Waals surface area contributed by atoms with Crippen LogP contribution in [0.1, 0.15) is 36.2 Å². The van der Waals surface area contributed by atoms with Gasteiger partial charge in [-0.15, -0.1) is 0 Å². The van der Waals surface area contributed by atoms with Crippen LogP contribution >= 0.6 is 0 Å². The van der Waals surface area contributed by atoms with Gasteiger partial charge in [0.05, 0.1) is 12.1 Å². The molecular weight excluding hydrogens is 220 g/mol. The van der Waals surface area contributed by atoms with Gasteiger partial charge in [0, 0.05) is 11.9 Å². The molecule has 0 amide bonds. The number of carboxylic acids is 1. The first kappa shape index (κ1) is 11.9. The van der Waals surface area contributed by atoms with Crippen LogP contribution in [0, 0.1) is 0 Å². The average Bonchev–Trinajstić information content (AvgIpc) is 2.78. The molecule has 0 radical (unpaired) electrons. The maximum Gasteiger partial charge on any atom is 0.354 e. The molecule has 5 nitrogen and oxygen atoms in total. The van der Waals surface area contributed by atoms with Crippen LogP contribution in [-0.4, -0.2) is 33.3 Å². The van der Waals surface area contributed by atoms with Crippen molar-refractivity contribution in [2.75, 3.05) is 11.9 Å². The van der Waals surface area contributed by atoms with Gasteiger partial charge in [0.25, 0.3) is 0 Å². The van der Waals surface area contributed by atoms with Gasteiger partial charge in [0.1, 0.15) is 5.69 Å². The van der Waals surface area contributed by atoms with Crippen molar-refractivity contribution in [2.24, 2.45) is 0 Å². The molecule has 1 aliphatic carbocycles. The first-order chi connectivity index (χ1) is 8.15. The fourth-order valence-corrected chi connectivity index (χ4v) is 2.31. The van der Waals surface area contributed by atoms with E-state index in [0.29, 0.717) is 5.69 Å². The Bertz CT molecular complexity index is 414. The van der Waals surface area contributed by atoms with Crippen LogP contribution in [0.2, 0.25) is 0 Å². The molecule has 1 heterocycles. The van der Waals surface area contributed by atoms with Crippen LogP contribution < -0.4 is 5.32 Å². The van der Waals surface area contributed by atoms with Gasteiger partial charge in [-0.2, -0.15) is 0 Å². The van der Waals surface area contributed by atoms with Crippen LogP contribution in [0.4, 0.5) is 5.69 Å². The summed E-state index contributed by atoms with van der Waals surface area (Å²) in [6, 6.07) is 3.22. The van der Waals surface area contributed by atoms with Crippen molar-refractivity contribution in [1.29, 1.82) is 0 Å². The van der Waals surface area contributed by atoms with Crippen LogP contribution in [0.5, 0.6) is 0 Å². The Hall–Kier alpha value is -1.62. The van der Waals surface area contributed by atoms with Crippen molar-refractivity contribution < 1.29 is 15.0 Å². The van der Waals surface area contributed by atoms with Gasteiger partial charge in [-0.05, 0) is 25.0 Å². The van der Waals surface area contributed by atoms with Gasteiger partial charge in [0.2, 0.25) is 0 Å². The smallest absolute Gasteiger partial charge is 0.354 e.